The molecule has 17 heavy (non-hydrogen) atoms. The Bertz CT molecular complexity index is 361. The molecule has 0 saturated heterocycles. The molecule has 94 valence electrons. The van der Waals surface area contributed by atoms with E-state index in [9.17, 15) is 9.90 Å². The van der Waals surface area contributed by atoms with Gasteiger partial charge in [-0.05, 0) is 25.0 Å². The Morgan fingerprint density at radius 3 is 2.47 bits per heavy atom. The van der Waals surface area contributed by atoms with Gasteiger partial charge in [-0.2, -0.15) is 0 Å². The van der Waals surface area contributed by atoms with Gasteiger partial charge in [-0.15, -0.1) is 0 Å². The molecule has 1 aromatic carbocycles. The molecule has 0 fully saturated rings. The molecular weight excluding hydrogens is 216 g/mol. The summed E-state index contributed by atoms with van der Waals surface area (Å²) in [4.78, 5) is 11.5. The summed E-state index contributed by atoms with van der Waals surface area (Å²) in [6, 6.07) is 8.88. The largest absolute Gasteiger partial charge is 0.388 e. The lowest BCUT2D eigenvalue weighted by Gasteiger charge is -2.27. The Hall–Kier alpha value is -1.55. The van der Waals surface area contributed by atoms with Crippen molar-refractivity contribution in [1.29, 1.82) is 0 Å². The van der Waals surface area contributed by atoms with Crippen LogP contribution in [0.1, 0.15) is 20.8 Å². The molecule has 2 amide bonds. The summed E-state index contributed by atoms with van der Waals surface area (Å²) in [6.07, 6.45) is 0. The molecule has 1 aromatic rings. The summed E-state index contributed by atoms with van der Waals surface area (Å²) < 4.78 is 0. The second-order valence-corrected chi connectivity index (χ2v) is 4.69. The number of hydrogen-bond acceptors (Lipinski definition) is 2. The smallest absolute Gasteiger partial charge is 0.319 e. The summed E-state index contributed by atoms with van der Waals surface area (Å²) in [7, 11) is 0. The molecule has 4 heteroatoms. The molecule has 0 saturated carbocycles. The van der Waals surface area contributed by atoms with Crippen molar-refractivity contribution in [3.8, 4) is 0 Å². The van der Waals surface area contributed by atoms with Crippen LogP contribution in [0, 0.1) is 5.92 Å². The summed E-state index contributed by atoms with van der Waals surface area (Å²) in [6.45, 7) is 5.76. The number of rotatable bonds is 4. The second kappa shape index (κ2) is 5.68. The zero-order valence-electron chi connectivity index (χ0n) is 10.5. The first-order valence-electron chi connectivity index (χ1n) is 5.74. The van der Waals surface area contributed by atoms with Crippen LogP contribution in [-0.4, -0.2) is 23.3 Å². The number of aliphatic hydroxyl groups is 1. The van der Waals surface area contributed by atoms with Gasteiger partial charge in [-0.25, -0.2) is 4.79 Å². The van der Waals surface area contributed by atoms with Crippen molar-refractivity contribution in [3.05, 3.63) is 30.3 Å². The minimum Gasteiger partial charge on any atom is -0.388 e. The third-order valence-corrected chi connectivity index (χ3v) is 2.88. The molecule has 1 unspecified atom stereocenters. The molecule has 0 spiro atoms. The number of anilines is 1. The van der Waals surface area contributed by atoms with Crippen LogP contribution in [0.2, 0.25) is 0 Å². The fourth-order valence-corrected chi connectivity index (χ4v) is 1.16. The molecule has 0 heterocycles. The van der Waals surface area contributed by atoms with E-state index in [0.29, 0.717) is 0 Å². The lowest BCUT2D eigenvalue weighted by Crippen LogP contribution is -2.45. The number of benzene rings is 1. The van der Waals surface area contributed by atoms with E-state index in [0.717, 1.165) is 5.69 Å². The van der Waals surface area contributed by atoms with E-state index in [1.54, 1.807) is 19.1 Å². The minimum atomic E-state index is -0.895. The highest BCUT2D eigenvalue weighted by atomic mass is 16.3. The molecule has 1 rings (SSSR count). The molecule has 1 atom stereocenters. The van der Waals surface area contributed by atoms with Crippen LogP contribution in [0.5, 0.6) is 0 Å². The van der Waals surface area contributed by atoms with E-state index in [1.165, 1.54) is 0 Å². The Labute approximate surface area is 102 Å². The summed E-state index contributed by atoms with van der Waals surface area (Å²) in [5, 5.41) is 15.3. The first kappa shape index (κ1) is 13.5. The summed E-state index contributed by atoms with van der Waals surface area (Å²) in [5.74, 6) is 0.0829. The molecule has 0 aliphatic rings. The maximum absolute atomic E-state index is 11.5. The number of nitrogens with one attached hydrogen (secondary N) is 2. The van der Waals surface area contributed by atoms with Crippen LogP contribution >= 0.6 is 0 Å². The van der Waals surface area contributed by atoms with Crippen molar-refractivity contribution in [2.75, 3.05) is 11.9 Å². The van der Waals surface area contributed by atoms with Gasteiger partial charge in [0.2, 0.25) is 0 Å². The fourth-order valence-electron chi connectivity index (χ4n) is 1.16. The van der Waals surface area contributed by atoms with Crippen molar-refractivity contribution in [3.63, 3.8) is 0 Å². The topological polar surface area (TPSA) is 61.4 Å². The van der Waals surface area contributed by atoms with Crippen LogP contribution in [0.15, 0.2) is 30.3 Å². The van der Waals surface area contributed by atoms with E-state index in [-0.39, 0.29) is 18.5 Å². The SMILES string of the molecule is CC(C)C(C)(O)CNC(=O)Nc1ccccc1. The van der Waals surface area contributed by atoms with E-state index < -0.39 is 5.60 Å². The van der Waals surface area contributed by atoms with Gasteiger partial charge < -0.3 is 15.7 Å². The van der Waals surface area contributed by atoms with Crippen molar-refractivity contribution in [2.45, 2.75) is 26.4 Å². The third-order valence-electron chi connectivity index (χ3n) is 2.88. The first-order chi connectivity index (χ1) is 7.92. The molecule has 0 aromatic heterocycles. The van der Waals surface area contributed by atoms with Gasteiger partial charge in [0.25, 0.3) is 0 Å². The molecular formula is C13H20N2O2. The van der Waals surface area contributed by atoms with E-state index in [2.05, 4.69) is 10.6 Å². The average molecular weight is 236 g/mol. The Morgan fingerprint density at radius 2 is 1.94 bits per heavy atom. The number of amides is 2. The number of urea groups is 1. The minimum absolute atomic E-state index is 0.0829. The zero-order valence-corrected chi connectivity index (χ0v) is 10.5. The number of para-hydroxylation sites is 1. The van der Waals surface area contributed by atoms with Gasteiger partial charge in [-0.3, -0.25) is 0 Å². The van der Waals surface area contributed by atoms with E-state index in [1.807, 2.05) is 32.0 Å². The zero-order chi connectivity index (χ0) is 12.9. The maximum atomic E-state index is 11.5. The summed E-state index contributed by atoms with van der Waals surface area (Å²) in [5.41, 5.74) is -0.164. The van der Waals surface area contributed by atoms with Crippen LogP contribution < -0.4 is 10.6 Å². The first-order valence-corrected chi connectivity index (χ1v) is 5.74. The summed E-state index contributed by atoms with van der Waals surface area (Å²) >= 11 is 0. The van der Waals surface area contributed by atoms with Crippen LogP contribution in [0.4, 0.5) is 10.5 Å². The van der Waals surface area contributed by atoms with Gasteiger partial charge in [0.15, 0.2) is 0 Å². The molecule has 0 aliphatic carbocycles. The highest BCUT2D eigenvalue weighted by Crippen LogP contribution is 2.14. The third kappa shape index (κ3) is 4.44. The number of carbonyl (C=O) groups is 1. The van der Waals surface area contributed by atoms with E-state index >= 15 is 0 Å². The standard InChI is InChI=1S/C13H20N2O2/c1-10(2)13(3,17)9-14-12(16)15-11-7-5-4-6-8-11/h4-8,10,17H,9H2,1-3H3,(H2,14,15,16). The lowest BCUT2D eigenvalue weighted by molar-refractivity contribution is 0.0170. The van der Waals surface area contributed by atoms with Gasteiger partial charge in [0.1, 0.15) is 0 Å². The highest BCUT2D eigenvalue weighted by Gasteiger charge is 2.25. The highest BCUT2D eigenvalue weighted by molar-refractivity contribution is 5.89. The molecule has 3 N–H and O–H groups in total. The Kier molecular flexibility index (Phi) is 4.52. The fraction of sp³-hybridized carbons (Fsp3) is 0.462. The lowest BCUT2D eigenvalue weighted by atomic mass is 9.93. The van der Waals surface area contributed by atoms with Crippen molar-refractivity contribution < 1.29 is 9.90 Å². The molecule has 4 nitrogen and oxygen atoms in total. The molecule has 0 aliphatic heterocycles. The number of hydrogen-bond donors (Lipinski definition) is 3. The van der Waals surface area contributed by atoms with Crippen LogP contribution in [0.3, 0.4) is 0 Å². The van der Waals surface area contributed by atoms with Crippen molar-refractivity contribution in [1.82, 2.24) is 5.32 Å². The van der Waals surface area contributed by atoms with Crippen LogP contribution in [0.25, 0.3) is 0 Å². The van der Waals surface area contributed by atoms with Gasteiger partial charge >= 0.3 is 6.03 Å². The predicted octanol–water partition coefficient (Wildman–Crippen LogP) is 2.22. The van der Waals surface area contributed by atoms with Gasteiger partial charge in [-0.1, -0.05) is 32.0 Å². The van der Waals surface area contributed by atoms with Crippen molar-refractivity contribution in [2.24, 2.45) is 5.92 Å². The molecule has 0 bridgehead atoms. The van der Waals surface area contributed by atoms with Crippen LogP contribution in [-0.2, 0) is 0 Å². The predicted molar refractivity (Wildman–Crippen MR) is 68.9 cm³/mol. The Morgan fingerprint density at radius 1 is 1.35 bits per heavy atom. The second-order valence-electron chi connectivity index (χ2n) is 4.69. The maximum Gasteiger partial charge on any atom is 0.319 e. The normalized spacial score (nSPS) is 14.2. The van der Waals surface area contributed by atoms with E-state index in [4.69, 9.17) is 0 Å². The van der Waals surface area contributed by atoms with Crippen molar-refractivity contribution >= 4 is 11.7 Å². The van der Waals surface area contributed by atoms with Gasteiger partial charge in [0, 0.05) is 12.2 Å². The number of carbonyl (C=O) groups excluding carboxylic acids is 1. The molecule has 0 radical (unpaired) electrons. The average Bonchev–Trinajstić information content (AvgIpc) is 2.28. The van der Waals surface area contributed by atoms with Gasteiger partial charge in [0.05, 0.1) is 5.60 Å². The monoisotopic (exact) mass is 236 g/mol. The quantitative estimate of drug-likeness (QED) is 0.750. The Balaban J connectivity index is 2.41.